The van der Waals surface area contributed by atoms with Crippen molar-refractivity contribution >= 4 is 57.8 Å². The number of nitrogens with zero attached hydrogens (tertiary/aromatic N) is 2. The average molecular weight is 470 g/mol. The first kappa shape index (κ1) is 22.2. The minimum atomic E-state index is -1.18. The first-order valence-electron chi connectivity index (χ1n) is 10.1. The van der Waals surface area contributed by atoms with Gasteiger partial charge in [0.2, 0.25) is 5.91 Å². The molecule has 4 rings (SSSR count). The number of fused-ring (bicyclic) bond motifs is 1. The molecule has 0 radical (unpaired) electrons. The molecule has 11 heteroatoms. The second-order valence-electron chi connectivity index (χ2n) is 7.57. The lowest BCUT2D eigenvalue weighted by Crippen LogP contribution is -2.45. The Bertz CT molecular complexity index is 1290. The maximum atomic E-state index is 13.0. The number of carboxylic acids is 1. The number of amides is 4. The molecule has 170 valence electrons. The van der Waals surface area contributed by atoms with E-state index >= 15 is 0 Å². The minimum Gasteiger partial charge on any atom is -0.478 e. The third-order valence-corrected chi connectivity index (χ3v) is 5.64. The summed E-state index contributed by atoms with van der Waals surface area (Å²) in [7, 11) is 0. The quantitative estimate of drug-likeness (QED) is 0.461. The molecule has 0 aliphatic carbocycles. The van der Waals surface area contributed by atoms with Gasteiger partial charge in [-0.15, -0.1) is 0 Å². The third-order valence-electron chi connectivity index (χ3n) is 5.42. The van der Waals surface area contributed by atoms with Crippen LogP contribution in [0.1, 0.15) is 23.2 Å². The van der Waals surface area contributed by atoms with Crippen molar-refractivity contribution in [1.29, 1.82) is 0 Å². The number of carbonyl (C=O) groups is 4. The molecule has 5 N–H and O–H groups in total. The number of benzene rings is 2. The number of nitrogens with one attached hydrogen (secondary N) is 2. The maximum absolute atomic E-state index is 13.0. The predicted molar refractivity (Wildman–Crippen MR) is 123 cm³/mol. The van der Waals surface area contributed by atoms with Crippen LogP contribution >= 0.6 is 11.6 Å². The number of anilines is 2. The summed E-state index contributed by atoms with van der Waals surface area (Å²) >= 11 is 5.95. The van der Waals surface area contributed by atoms with E-state index in [1.54, 1.807) is 24.3 Å². The van der Waals surface area contributed by atoms with Crippen molar-refractivity contribution in [2.45, 2.75) is 18.9 Å². The van der Waals surface area contributed by atoms with Crippen LogP contribution in [0.15, 0.2) is 48.7 Å². The average Bonchev–Trinajstić information content (AvgIpc) is 3.39. The Kier molecular flexibility index (Phi) is 5.93. The molecule has 1 aromatic heterocycles. The Hall–Kier alpha value is -4.05. The highest BCUT2D eigenvalue weighted by Gasteiger charge is 2.34. The van der Waals surface area contributed by atoms with Crippen molar-refractivity contribution in [3.63, 3.8) is 0 Å². The molecule has 1 aliphatic heterocycles. The number of aromatic carboxylic acids is 1. The molecule has 2 heterocycles. The number of primary amides is 1. The number of urea groups is 1. The Labute approximate surface area is 192 Å². The number of aromatic nitrogens is 1. The summed E-state index contributed by atoms with van der Waals surface area (Å²) in [5.41, 5.74) is 6.52. The van der Waals surface area contributed by atoms with Gasteiger partial charge in [0.25, 0.3) is 0 Å². The summed E-state index contributed by atoms with van der Waals surface area (Å²) in [5.74, 6) is -1.63. The molecule has 0 saturated carbocycles. The molecule has 2 aromatic carbocycles. The molecule has 1 aliphatic rings. The number of halogens is 1. The van der Waals surface area contributed by atoms with Crippen LogP contribution in [-0.2, 0) is 4.79 Å². The standard InChI is InChI=1S/C22H20ClN5O5/c23-13-8-12(20(30)31)9-14(10-13)25-19(29)18-6-3-7-27(18)22(33)26-16-11-28(21(24)32)17-5-2-1-4-15(16)17/h1-2,4-5,8-11,18H,3,6-7H2,(H2,24,32)(H,25,29)(H,26,33)(H,30,31)/t18-/m0/s1. The van der Waals surface area contributed by atoms with Crippen LogP contribution in [0.5, 0.6) is 0 Å². The van der Waals surface area contributed by atoms with Crippen molar-refractivity contribution in [3.05, 3.63) is 59.2 Å². The minimum absolute atomic E-state index is 0.0651. The lowest BCUT2D eigenvalue weighted by Gasteiger charge is -2.24. The van der Waals surface area contributed by atoms with E-state index in [0.717, 1.165) is 0 Å². The zero-order chi connectivity index (χ0) is 23.7. The monoisotopic (exact) mass is 469 g/mol. The molecule has 0 spiro atoms. The maximum Gasteiger partial charge on any atom is 0.335 e. The Morgan fingerprint density at radius 3 is 2.58 bits per heavy atom. The van der Waals surface area contributed by atoms with E-state index < -0.39 is 30.0 Å². The molecule has 1 atom stereocenters. The van der Waals surface area contributed by atoms with E-state index in [9.17, 15) is 24.3 Å². The van der Waals surface area contributed by atoms with Crippen LogP contribution in [0.4, 0.5) is 21.0 Å². The summed E-state index contributed by atoms with van der Waals surface area (Å²) in [6, 6.07) is 9.03. The second-order valence-corrected chi connectivity index (χ2v) is 8.01. The molecular weight excluding hydrogens is 450 g/mol. The molecule has 0 bridgehead atoms. The van der Waals surface area contributed by atoms with Crippen molar-refractivity contribution in [2.24, 2.45) is 5.73 Å². The van der Waals surface area contributed by atoms with Crippen LogP contribution in [-0.4, -0.2) is 51.1 Å². The van der Waals surface area contributed by atoms with Gasteiger partial charge in [0, 0.05) is 28.8 Å². The van der Waals surface area contributed by atoms with Crippen LogP contribution in [0, 0.1) is 0 Å². The van der Waals surface area contributed by atoms with Crippen molar-refractivity contribution in [3.8, 4) is 0 Å². The number of carboxylic acid groups (broad SMARTS) is 1. The van der Waals surface area contributed by atoms with E-state index in [-0.39, 0.29) is 16.3 Å². The fraction of sp³-hybridized carbons (Fsp3) is 0.182. The van der Waals surface area contributed by atoms with E-state index in [0.29, 0.717) is 36.0 Å². The number of para-hydroxylation sites is 1. The highest BCUT2D eigenvalue weighted by atomic mass is 35.5. The Balaban J connectivity index is 1.52. The number of likely N-dealkylation sites (tertiary alicyclic amines) is 1. The van der Waals surface area contributed by atoms with Crippen LogP contribution < -0.4 is 16.4 Å². The SMILES string of the molecule is NC(=O)n1cc(NC(=O)N2CCC[C@H]2C(=O)Nc2cc(Cl)cc(C(=O)O)c2)c2ccccc21. The topological polar surface area (TPSA) is 147 Å². The predicted octanol–water partition coefficient (Wildman–Crippen LogP) is 3.55. The first-order chi connectivity index (χ1) is 15.7. The lowest BCUT2D eigenvalue weighted by atomic mass is 10.1. The van der Waals surface area contributed by atoms with Gasteiger partial charge in [0.15, 0.2) is 0 Å². The fourth-order valence-electron chi connectivity index (χ4n) is 3.94. The summed E-state index contributed by atoms with van der Waals surface area (Å²) in [6.07, 6.45) is 2.49. The summed E-state index contributed by atoms with van der Waals surface area (Å²) in [6.45, 7) is 0.355. The molecule has 1 saturated heterocycles. The number of hydrogen-bond acceptors (Lipinski definition) is 4. The zero-order valence-electron chi connectivity index (χ0n) is 17.2. The van der Waals surface area contributed by atoms with Gasteiger partial charge in [-0.2, -0.15) is 0 Å². The number of rotatable bonds is 4. The van der Waals surface area contributed by atoms with Crippen LogP contribution in [0.2, 0.25) is 5.02 Å². The van der Waals surface area contributed by atoms with E-state index in [4.69, 9.17) is 17.3 Å². The normalized spacial score (nSPS) is 15.4. The van der Waals surface area contributed by atoms with Crippen LogP contribution in [0.25, 0.3) is 10.9 Å². The van der Waals surface area contributed by atoms with Gasteiger partial charge in [-0.3, -0.25) is 9.36 Å². The van der Waals surface area contributed by atoms with E-state index in [1.165, 1.54) is 33.9 Å². The van der Waals surface area contributed by atoms with Gasteiger partial charge in [-0.25, -0.2) is 14.4 Å². The molecule has 0 unspecified atom stereocenters. The highest BCUT2D eigenvalue weighted by molar-refractivity contribution is 6.31. The summed E-state index contributed by atoms with van der Waals surface area (Å²) < 4.78 is 1.23. The highest BCUT2D eigenvalue weighted by Crippen LogP contribution is 2.28. The first-order valence-corrected chi connectivity index (χ1v) is 10.4. The number of hydrogen-bond donors (Lipinski definition) is 4. The number of carbonyl (C=O) groups excluding carboxylic acids is 3. The van der Waals surface area contributed by atoms with Gasteiger partial charge < -0.3 is 26.4 Å². The zero-order valence-corrected chi connectivity index (χ0v) is 18.0. The second kappa shape index (κ2) is 8.83. The molecule has 10 nitrogen and oxygen atoms in total. The van der Waals surface area contributed by atoms with Crippen LogP contribution in [0.3, 0.4) is 0 Å². The van der Waals surface area contributed by atoms with E-state index in [2.05, 4.69) is 10.6 Å². The summed E-state index contributed by atoms with van der Waals surface area (Å²) in [5, 5.41) is 15.4. The fourth-order valence-corrected chi connectivity index (χ4v) is 4.18. The van der Waals surface area contributed by atoms with Gasteiger partial charge in [-0.1, -0.05) is 29.8 Å². The van der Waals surface area contributed by atoms with Crippen molar-refractivity contribution < 1.29 is 24.3 Å². The van der Waals surface area contributed by atoms with Crippen molar-refractivity contribution in [1.82, 2.24) is 9.47 Å². The van der Waals surface area contributed by atoms with Gasteiger partial charge in [-0.05, 0) is 37.1 Å². The largest absolute Gasteiger partial charge is 0.478 e. The van der Waals surface area contributed by atoms with Gasteiger partial charge >= 0.3 is 18.0 Å². The molecule has 3 aromatic rings. The smallest absolute Gasteiger partial charge is 0.335 e. The molecule has 1 fully saturated rings. The van der Waals surface area contributed by atoms with Gasteiger partial charge in [0.1, 0.15) is 6.04 Å². The van der Waals surface area contributed by atoms with E-state index in [1.807, 2.05) is 0 Å². The third kappa shape index (κ3) is 4.46. The molecule has 33 heavy (non-hydrogen) atoms. The molecule has 4 amide bonds. The Morgan fingerprint density at radius 2 is 1.85 bits per heavy atom. The lowest BCUT2D eigenvalue weighted by molar-refractivity contribution is -0.119. The summed E-state index contributed by atoms with van der Waals surface area (Å²) in [4.78, 5) is 50.3. The molecular formula is C22H20ClN5O5. The Morgan fingerprint density at radius 1 is 1.09 bits per heavy atom. The number of nitrogens with two attached hydrogens (primary N) is 1. The van der Waals surface area contributed by atoms with Crippen molar-refractivity contribution in [2.75, 3.05) is 17.2 Å². The van der Waals surface area contributed by atoms with Gasteiger partial charge in [0.05, 0.1) is 16.8 Å².